The predicted molar refractivity (Wildman–Crippen MR) is 69.9 cm³/mol. The van der Waals surface area contributed by atoms with Gasteiger partial charge in [0.25, 0.3) is 0 Å². The summed E-state index contributed by atoms with van der Waals surface area (Å²) in [4.78, 5) is 0. The van der Waals surface area contributed by atoms with Crippen molar-refractivity contribution in [3.05, 3.63) is 29.8 Å². The highest BCUT2D eigenvalue weighted by Crippen LogP contribution is 2.22. The SMILES string of the molecule is COc1ccccc1CNC[C@@]1(OC)CCOC1. The molecule has 0 bridgehead atoms. The molecule has 1 aliphatic heterocycles. The summed E-state index contributed by atoms with van der Waals surface area (Å²) in [5, 5.41) is 3.43. The van der Waals surface area contributed by atoms with Gasteiger partial charge in [-0.1, -0.05) is 18.2 Å². The van der Waals surface area contributed by atoms with Crippen molar-refractivity contribution in [3.8, 4) is 5.75 Å². The molecule has 0 radical (unpaired) electrons. The van der Waals surface area contributed by atoms with Crippen molar-refractivity contribution >= 4 is 0 Å². The van der Waals surface area contributed by atoms with E-state index in [1.165, 1.54) is 0 Å². The molecular formula is C14H21NO3. The number of hydrogen-bond acceptors (Lipinski definition) is 4. The number of hydrogen-bond donors (Lipinski definition) is 1. The number of rotatable bonds is 6. The molecule has 1 aromatic rings. The van der Waals surface area contributed by atoms with E-state index in [2.05, 4.69) is 11.4 Å². The van der Waals surface area contributed by atoms with Crippen LogP contribution in [0.3, 0.4) is 0 Å². The lowest BCUT2D eigenvalue weighted by Crippen LogP contribution is -2.42. The number of para-hydroxylation sites is 1. The fourth-order valence-corrected chi connectivity index (χ4v) is 2.24. The average molecular weight is 251 g/mol. The van der Waals surface area contributed by atoms with E-state index in [1.54, 1.807) is 14.2 Å². The summed E-state index contributed by atoms with van der Waals surface area (Å²) >= 11 is 0. The van der Waals surface area contributed by atoms with E-state index in [-0.39, 0.29) is 5.60 Å². The van der Waals surface area contributed by atoms with Crippen molar-refractivity contribution in [2.75, 3.05) is 34.0 Å². The van der Waals surface area contributed by atoms with Crippen LogP contribution >= 0.6 is 0 Å². The Balaban J connectivity index is 1.88. The van der Waals surface area contributed by atoms with Gasteiger partial charge in [0.2, 0.25) is 0 Å². The Morgan fingerprint density at radius 1 is 1.33 bits per heavy atom. The highest BCUT2D eigenvalue weighted by Gasteiger charge is 2.34. The van der Waals surface area contributed by atoms with Crippen LogP contribution in [0.4, 0.5) is 0 Å². The van der Waals surface area contributed by atoms with E-state index < -0.39 is 0 Å². The minimum absolute atomic E-state index is 0.165. The van der Waals surface area contributed by atoms with Gasteiger partial charge in [-0.15, -0.1) is 0 Å². The van der Waals surface area contributed by atoms with Crippen LogP contribution < -0.4 is 10.1 Å². The quantitative estimate of drug-likeness (QED) is 0.833. The third-order valence-corrected chi connectivity index (χ3v) is 3.46. The summed E-state index contributed by atoms with van der Waals surface area (Å²) in [5.41, 5.74) is 0.993. The van der Waals surface area contributed by atoms with E-state index >= 15 is 0 Å². The minimum Gasteiger partial charge on any atom is -0.496 e. The molecule has 1 heterocycles. The Bertz CT molecular complexity index is 375. The van der Waals surface area contributed by atoms with E-state index in [9.17, 15) is 0 Å². The van der Waals surface area contributed by atoms with Gasteiger partial charge >= 0.3 is 0 Å². The van der Waals surface area contributed by atoms with Crippen LogP contribution in [-0.4, -0.2) is 39.6 Å². The Labute approximate surface area is 108 Å². The molecule has 1 fully saturated rings. The predicted octanol–water partition coefficient (Wildman–Crippen LogP) is 1.59. The van der Waals surface area contributed by atoms with E-state index in [4.69, 9.17) is 14.2 Å². The molecule has 1 saturated heterocycles. The summed E-state index contributed by atoms with van der Waals surface area (Å²) in [6, 6.07) is 8.03. The first-order valence-electron chi connectivity index (χ1n) is 6.25. The van der Waals surface area contributed by atoms with E-state index in [1.807, 2.05) is 18.2 Å². The summed E-state index contributed by atoms with van der Waals surface area (Å²) in [5.74, 6) is 0.916. The zero-order chi connectivity index (χ0) is 12.8. The zero-order valence-corrected chi connectivity index (χ0v) is 11.1. The second-order valence-electron chi connectivity index (χ2n) is 4.61. The Morgan fingerprint density at radius 3 is 2.83 bits per heavy atom. The van der Waals surface area contributed by atoms with Gasteiger partial charge in [-0.3, -0.25) is 0 Å². The maximum absolute atomic E-state index is 5.57. The molecule has 0 saturated carbocycles. The highest BCUT2D eigenvalue weighted by atomic mass is 16.5. The Kier molecular flexibility index (Phi) is 4.58. The largest absolute Gasteiger partial charge is 0.496 e. The van der Waals surface area contributed by atoms with Gasteiger partial charge in [-0.2, -0.15) is 0 Å². The van der Waals surface area contributed by atoms with Gasteiger partial charge in [-0.05, 0) is 6.07 Å². The fraction of sp³-hybridized carbons (Fsp3) is 0.571. The van der Waals surface area contributed by atoms with Gasteiger partial charge in [-0.25, -0.2) is 0 Å². The lowest BCUT2D eigenvalue weighted by molar-refractivity contribution is -0.0159. The van der Waals surface area contributed by atoms with Crippen molar-refractivity contribution in [1.82, 2.24) is 5.32 Å². The summed E-state index contributed by atoms with van der Waals surface area (Å²) < 4.78 is 16.3. The van der Waals surface area contributed by atoms with Crippen LogP contribution in [0.2, 0.25) is 0 Å². The first-order chi connectivity index (χ1) is 8.79. The van der Waals surface area contributed by atoms with Crippen LogP contribution in [-0.2, 0) is 16.0 Å². The van der Waals surface area contributed by atoms with Crippen molar-refractivity contribution in [2.45, 2.75) is 18.6 Å². The van der Waals surface area contributed by atoms with Gasteiger partial charge in [0.05, 0.1) is 13.7 Å². The molecule has 0 aromatic heterocycles. The maximum Gasteiger partial charge on any atom is 0.123 e. The summed E-state index contributed by atoms with van der Waals surface area (Å²) in [6.45, 7) is 3.02. The van der Waals surface area contributed by atoms with E-state index in [0.717, 1.165) is 37.4 Å². The molecule has 0 aliphatic carbocycles. The molecule has 100 valence electrons. The van der Waals surface area contributed by atoms with Gasteiger partial charge in [0.15, 0.2) is 0 Å². The smallest absolute Gasteiger partial charge is 0.123 e. The number of nitrogens with one attached hydrogen (secondary N) is 1. The Hall–Kier alpha value is -1.10. The molecule has 1 N–H and O–H groups in total. The first kappa shape index (κ1) is 13.3. The second-order valence-corrected chi connectivity index (χ2v) is 4.61. The van der Waals surface area contributed by atoms with E-state index in [0.29, 0.717) is 6.61 Å². The topological polar surface area (TPSA) is 39.7 Å². The average Bonchev–Trinajstić information content (AvgIpc) is 2.89. The number of methoxy groups -OCH3 is 2. The lowest BCUT2D eigenvalue weighted by atomic mass is 10.0. The fourth-order valence-electron chi connectivity index (χ4n) is 2.24. The molecule has 1 atom stereocenters. The molecule has 2 rings (SSSR count). The maximum atomic E-state index is 5.57. The van der Waals surface area contributed by atoms with Crippen LogP contribution in [0.15, 0.2) is 24.3 Å². The van der Waals surface area contributed by atoms with Crippen molar-refractivity contribution in [1.29, 1.82) is 0 Å². The minimum atomic E-state index is -0.165. The van der Waals surface area contributed by atoms with Crippen LogP contribution in [0, 0.1) is 0 Å². The third kappa shape index (κ3) is 3.02. The van der Waals surface area contributed by atoms with Crippen molar-refractivity contribution < 1.29 is 14.2 Å². The van der Waals surface area contributed by atoms with Gasteiger partial charge < -0.3 is 19.5 Å². The molecule has 4 heteroatoms. The van der Waals surface area contributed by atoms with Crippen LogP contribution in [0.25, 0.3) is 0 Å². The molecule has 18 heavy (non-hydrogen) atoms. The zero-order valence-electron chi connectivity index (χ0n) is 11.1. The third-order valence-electron chi connectivity index (χ3n) is 3.46. The number of benzene rings is 1. The molecule has 0 spiro atoms. The summed E-state index contributed by atoms with van der Waals surface area (Å²) in [6.07, 6.45) is 0.947. The van der Waals surface area contributed by atoms with Crippen molar-refractivity contribution in [2.24, 2.45) is 0 Å². The summed E-state index contributed by atoms with van der Waals surface area (Å²) in [7, 11) is 3.44. The van der Waals surface area contributed by atoms with Gasteiger partial charge in [0.1, 0.15) is 11.4 Å². The molecule has 1 aromatic carbocycles. The normalized spacial score (nSPS) is 23.2. The first-order valence-corrected chi connectivity index (χ1v) is 6.25. The monoisotopic (exact) mass is 251 g/mol. The molecule has 4 nitrogen and oxygen atoms in total. The lowest BCUT2D eigenvalue weighted by Gasteiger charge is -2.26. The van der Waals surface area contributed by atoms with Gasteiger partial charge in [0, 0.05) is 38.8 Å². The Morgan fingerprint density at radius 2 is 2.17 bits per heavy atom. The standard InChI is InChI=1S/C14H21NO3/c1-16-13-6-4-3-5-12(13)9-15-10-14(17-2)7-8-18-11-14/h3-6,15H,7-11H2,1-2H3/t14-/m0/s1. The molecule has 0 amide bonds. The van der Waals surface area contributed by atoms with Crippen molar-refractivity contribution in [3.63, 3.8) is 0 Å². The molecule has 1 aliphatic rings. The second kappa shape index (κ2) is 6.18. The highest BCUT2D eigenvalue weighted by molar-refractivity contribution is 5.32. The molecular weight excluding hydrogens is 230 g/mol. The van der Waals surface area contributed by atoms with Crippen LogP contribution in [0.1, 0.15) is 12.0 Å². The van der Waals surface area contributed by atoms with Crippen LogP contribution in [0.5, 0.6) is 5.75 Å². The number of ether oxygens (including phenoxy) is 3. The molecule has 0 unspecified atom stereocenters.